The Morgan fingerprint density at radius 1 is 1.09 bits per heavy atom. The molecule has 1 unspecified atom stereocenters. The topological polar surface area (TPSA) is 68.8 Å². The van der Waals surface area contributed by atoms with E-state index < -0.39 is 6.10 Å². The summed E-state index contributed by atoms with van der Waals surface area (Å²) in [7, 11) is 0. The molecule has 6 nitrogen and oxygen atoms in total. The van der Waals surface area contributed by atoms with Crippen molar-refractivity contribution in [2.24, 2.45) is 0 Å². The van der Waals surface area contributed by atoms with Crippen molar-refractivity contribution >= 4 is 28.5 Å². The second-order valence-electron chi connectivity index (χ2n) is 9.38. The lowest BCUT2D eigenvalue weighted by Gasteiger charge is -2.28. The average Bonchev–Trinajstić information content (AvgIpc) is 3.57. The lowest BCUT2D eigenvalue weighted by Crippen LogP contribution is -2.38. The van der Waals surface area contributed by atoms with Crippen LogP contribution in [0.4, 0.5) is 0 Å². The van der Waals surface area contributed by atoms with Gasteiger partial charge < -0.3 is 19.7 Å². The molecule has 1 aromatic heterocycles. The van der Waals surface area contributed by atoms with Crippen LogP contribution >= 0.6 is 0 Å². The van der Waals surface area contributed by atoms with Crippen LogP contribution in [0.15, 0.2) is 66.7 Å². The van der Waals surface area contributed by atoms with Gasteiger partial charge in [-0.3, -0.25) is 9.69 Å². The normalized spacial score (nSPS) is 17.7. The van der Waals surface area contributed by atoms with Crippen molar-refractivity contribution < 1.29 is 14.6 Å². The van der Waals surface area contributed by atoms with E-state index in [9.17, 15) is 9.90 Å². The Bertz CT molecular complexity index is 1190. The third kappa shape index (κ3) is 5.84. The van der Waals surface area contributed by atoms with Crippen LogP contribution in [0, 0.1) is 0 Å². The van der Waals surface area contributed by atoms with Gasteiger partial charge in [0, 0.05) is 55.6 Å². The van der Waals surface area contributed by atoms with Crippen molar-refractivity contribution in [1.82, 2.24) is 14.8 Å². The minimum atomic E-state index is -0.596. The number of nitrogens with zero attached hydrogens (tertiary/aromatic N) is 2. The molecule has 35 heavy (non-hydrogen) atoms. The number of amides is 1. The zero-order valence-corrected chi connectivity index (χ0v) is 20.0. The van der Waals surface area contributed by atoms with Gasteiger partial charge in [0.25, 0.3) is 0 Å². The molecule has 182 valence electrons. The fourth-order valence-corrected chi connectivity index (χ4v) is 4.86. The SMILES string of the molecule is O=C(C=Cc1ccccc1OCC(O)CN1CC=C(c2cc3ccccc3[nH]2)CC1)N1CCCC1. The first-order chi connectivity index (χ1) is 17.2. The second kappa shape index (κ2) is 10.9. The lowest BCUT2D eigenvalue weighted by molar-refractivity contribution is -0.124. The molecule has 6 heteroatoms. The molecule has 1 amide bonds. The molecule has 1 atom stereocenters. The van der Waals surface area contributed by atoms with E-state index in [1.165, 1.54) is 16.7 Å². The molecular weight excluding hydrogens is 438 g/mol. The Balaban J connectivity index is 1.12. The number of rotatable bonds is 8. The third-order valence-corrected chi connectivity index (χ3v) is 6.81. The highest BCUT2D eigenvalue weighted by molar-refractivity contribution is 5.92. The van der Waals surface area contributed by atoms with E-state index >= 15 is 0 Å². The van der Waals surface area contributed by atoms with Crippen molar-refractivity contribution in [3.05, 3.63) is 78.0 Å². The fraction of sp³-hybridized carbons (Fsp3) is 0.345. The first-order valence-electron chi connectivity index (χ1n) is 12.5. The number of aromatic nitrogens is 1. The summed E-state index contributed by atoms with van der Waals surface area (Å²) in [6.45, 7) is 4.14. The van der Waals surface area contributed by atoms with Gasteiger partial charge >= 0.3 is 0 Å². The Morgan fingerprint density at radius 2 is 1.89 bits per heavy atom. The van der Waals surface area contributed by atoms with Gasteiger partial charge in [-0.15, -0.1) is 0 Å². The van der Waals surface area contributed by atoms with E-state index in [0.717, 1.165) is 56.5 Å². The fourth-order valence-electron chi connectivity index (χ4n) is 4.86. The number of carbonyl (C=O) groups excluding carboxylic acids is 1. The molecule has 2 aromatic carbocycles. The molecule has 0 radical (unpaired) electrons. The van der Waals surface area contributed by atoms with Crippen LogP contribution in [0.1, 0.15) is 30.5 Å². The van der Waals surface area contributed by atoms with Crippen molar-refractivity contribution in [1.29, 1.82) is 0 Å². The Kier molecular flexibility index (Phi) is 7.31. The molecule has 1 saturated heterocycles. The number of ether oxygens (including phenoxy) is 1. The maximum Gasteiger partial charge on any atom is 0.246 e. The number of para-hydroxylation sites is 2. The Morgan fingerprint density at radius 3 is 2.69 bits per heavy atom. The molecule has 0 saturated carbocycles. The van der Waals surface area contributed by atoms with Crippen molar-refractivity contribution in [3.63, 3.8) is 0 Å². The molecule has 3 heterocycles. The highest BCUT2D eigenvalue weighted by Crippen LogP contribution is 2.26. The van der Waals surface area contributed by atoms with Crippen LogP contribution in [0.3, 0.4) is 0 Å². The van der Waals surface area contributed by atoms with Crippen LogP contribution in [-0.2, 0) is 4.79 Å². The van der Waals surface area contributed by atoms with Crippen LogP contribution in [-0.4, -0.2) is 71.2 Å². The largest absolute Gasteiger partial charge is 0.490 e. The zero-order chi connectivity index (χ0) is 24.0. The van der Waals surface area contributed by atoms with Crippen LogP contribution in [0.25, 0.3) is 22.6 Å². The monoisotopic (exact) mass is 471 g/mol. The minimum Gasteiger partial charge on any atom is -0.490 e. The van der Waals surface area contributed by atoms with E-state index in [1.54, 1.807) is 6.08 Å². The smallest absolute Gasteiger partial charge is 0.246 e. The molecular formula is C29H33N3O3. The molecule has 2 aliphatic heterocycles. The predicted molar refractivity (Wildman–Crippen MR) is 140 cm³/mol. The van der Waals surface area contributed by atoms with Crippen LogP contribution < -0.4 is 4.74 Å². The number of hydrogen-bond acceptors (Lipinski definition) is 4. The van der Waals surface area contributed by atoms with Gasteiger partial charge in [0.15, 0.2) is 0 Å². The predicted octanol–water partition coefficient (Wildman–Crippen LogP) is 4.33. The van der Waals surface area contributed by atoms with Crippen LogP contribution in [0.5, 0.6) is 5.75 Å². The maximum atomic E-state index is 12.3. The Labute approximate surface area is 206 Å². The number of hydrogen-bond donors (Lipinski definition) is 2. The maximum absolute atomic E-state index is 12.3. The molecule has 2 N–H and O–H groups in total. The molecule has 0 spiro atoms. The molecule has 0 aliphatic carbocycles. The number of β-amino-alcohol motifs (C(OH)–C–C–N with tert-alkyl or cyclic N) is 1. The zero-order valence-electron chi connectivity index (χ0n) is 20.0. The lowest BCUT2D eigenvalue weighted by atomic mass is 10.0. The van der Waals surface area contributed by atoms with Gasteiger partial charge in [-0.05, 0) is 54.5 Å². The van der Waals surface area contributed by atoms with Gasteiger partial charge in [-0.25, -0.2) is 0 Å². The van der Waals surface area contributed by atoms with Crippen molar-refractivity contribution in [3.8, 4) is 5.75 Å². The first-order valence-corrected chi connectivity index (χ1v) is 12.5. The average molecular weight is 472 g/mol. The number of aliphatic hydroxyl groups excluding tert-OH is 1. The molecule has 5 rings (SSSR count). The van der Waals surface area contributed by atoms with Gasteiger partial charge in [-0.1, -0.05) is 42.5 Å². The quantitative estimate of drug-likeness (QED) is 0.480. The standard InChI is InChI=1S/C29H33N3O3/c33-25(20-31-17-13-22(14-18-31)27-19-24-8-1-3-9-26(24)30-27)21-35-28-10-4-2-7-23(28)11-12-29(34)32-15-5-6-16-32/h1-4,7-13,19,25,30,33H,5-6,14-18,20-21H2. The van der Waals surface area contributed by atoms with E-state index in [1.807, 2.05) is 41.3 Å². The molecule has 3 aromatic rings. The van der Waals surface area contributed by atoms with E-state index in [0.29, 0.717) is 12.3 Å². The highest BCUT2D eigenvalue weighted by Gasteiger charge is 2.18. The summed E-state index contributed by atoms with van der Waals surface area (Å²) < 4.78 is 5.95. The minimum absolute atomic E-state index is 0.0438. The van der Waals surface area contributed by atoms with Crippen molar-refractivity contribution in [2.75, 3.05) is 39.3 Å². The van der Waals surface area contributed by atoms with Crippen molar-refractivity contribution in [2.45, 2.75) is 25.4 Å². The van der Waals surface area contributed by atoms with Crippen LogP contribution in [0.2, 0.25) is 0 Å². The molecule has 0 bridgehead atoms. The van der Waals surface area contributed by atoms with E-state index in [-0.39, 0.29) is 12.5 Å². The summed E-state index contributed by atoms with van der Waals surface area (Å²) in [4.78, 5) is 20.0. The Hall–Kier alpha value is -3.35. The number of fused-ring (bicyclic) bond motifs is 1. The summed E-state index contributed by atoms with van der Waals surface area (Å²) in [5.41, 5.74) is 4.51. The number of likely N-dealkylation sites (tertiary alicyclic amines) is 1. The van der Waals surface area contributed by atoms with E-state index in [2.05, 4.69) is 40.2 Å². The number of H-pyrrole nitrogens is 1. The van der Waals surface area contributed by atoms with Gasteiger partial charge in [-0.2, -0.15) is 0 Å². The summed E-state index contributed by atoms with van der Waals surface area (Å²) in [6, 6.07) is 18.2. The van der Waals surface area contributed by atoms with Gasteiger partial charge in [0.2, 0.25) is 5.91 Å². The molecule has 2 aliphatic rings. The first kappa shape index (κ1) is 23.4. The number of carbonyl (C=O) groups is 1. The summed E-state index contributed by atoms with van der Waals surface area (Å²) >= 11 is 0. The number of aliphatic hydroxyl groups is 1. The molecule has 1 fully saturated rings. The van der Waals surface area contributed by atoms with Gasteiger partial charge in [0.05, 0.1) is 0 Å². The third-order valence-electron chi connectivity index (χ3n) is 6.81. The number of aromatic amines is 1. The number of nitrogens with one attached hydrogen (secondary N) is 1. The summed E-state index contributed by atoms with van der Waals surface area (Å²) in [6.07, 6.45) is 8.18. The number of benzene rings is 2. The summed E-state index contributed by atoms with van der Waals surface area (Å²) in [5.74, 6) is 0.721. The highest BCUT2D eigenvalue weighted by atomic mass is 16.5. The second-order valence-corrected chi connectivity index (χ2v) is 9.38. The van der Waals surface area contributed by atoms with E-state index in [4.69, 9.17) is 4.74 Å². The van der Waals surface area contributed by atoms with Gasteiger partial charge in [0.1, 0.15) is 18.5 Å². The summed E-state index contributed by atoms with van der Waals surface area (Å²) in [5, 5.41) is 11.9.